The molecule has 0 aliphatic carbocycles. The van der Waals surface area contributed by atoms with Crippen LogP contribution in [0.5, 0.6) is 0 Å². The van der Waals surface area contributed by atoms with E-state index in [9.17, 15) is 14.7 Å². The van der Waals surface area contributed by atoms with E-state index in [-0.39, 0.29) is 17.8 Å². The molecule has 25 heavy (non-hydrogen) atoms. The lowest BCUT2D eigenvalue weighted by atomic mass is 10.1. The van der Waals surface area contributed by atoms with Gasteiger partial charge in [0.05, 0.1) is 17.8 Å². The fraction of sp³-hybridized carbons (Fsp3) is 0.176. The van der Waals surface area contributed by atoms with Gasteiger partial charge < -0.3 is 20.4 Å². The monoisotopic (exact) mass is 380 g/mol. The maximum absolute atomic E-state index is 12.8. The number of carbonyl (C=O) groups is 2. The van der Waals surface area contributed by atoms with E-state index in [1.807, 2.05) is 0 Å². The van der Waals surface area contributed by atoms with Gasteiger partial charge in [-0.2, -0.15) is 0 Å². The number of amides is 2. The number of nitrogens with one attached hydrogen (secondary N) is 1. The molecule has 0 saturated heterocycles. The molecule has 0 aromatic heterocycles. The number of nitrogens with zero attached hydrogens (tertiary/aromatic N) is 1. The first-order chi connectivity index (χ1) is 11.9. The molecule has 1 unspecified atom stereocenters. The molecule has 1 atom stereocenters. The lowest BCUT2D eigenvalue weighted by Crippen LogP contribution is -2.28. The van der Waals surface area contributed by atoms with Crippen molar-refractivity contribution in [3.63, 3.8) is 0 Å². The summed E-state index contributed by atoms with van der Waals surface area (Å²) in [5, 5.41) is 22.7. The van der Waals surface area contributed by atoms with Crippen LogP contribution in [0, 0.1) is 0 Å². The molecule has 1 aliphatic rings. The molecule has 6 nitrogen and oxygen atoms in total. The number of carbonyl (C=O) groups excluding carboxylic acids is 2. The van der Waals surface area contributed by atoms with Gasteiger partial charge in [0.25, 0.3) is 5.91 Å². The molecule has 0 fully saturated rings. The van der Waals surface area contributed by atoms with E-state index in [0.717, 1.165) is 0 Å². The molecule has 3 rings (SSSR count). The molecule has 0 bridgehead atoms. The average molecular weight is 381 g/mol. The number of halogens is 2. The minimum Gasteiger partial charge on any atom is -0.387 e. The van der Waals surface area contributed by atoms with Crippen molar-refractivity contribution >= 4 is 40.7 Å². The van der Waals surface area contributed by atoms with Crippen molar-refractivity contribution in [2.75, 3.05) is 11.9 Å². The van der Waals surface area contributed by atoms with Crippen molar-refractivity contribution in [3.8, 4) is 0 Å². The van der Waals surface area contributed by atoms with Gasteiger partial charge in [-0.3, -0.25) is 9.59 Å². The third-order valence-electron chi connectivity index (χ3n) is 3.91. The fourth-order valence-corrected chi connectivity index (χ4v) is 3.12. The highest BCUT2D eigenvalue weighted by Crippen LogP contribution is 2.38. The Bertz CT molecular complexity index is 857. The Morgan fingerprint density at radius 1 is 1.24 bits per heavy atom. The Morgan fingerprint density at radius 3 is 2.72 bits per heavy atom. The van der Waals surface area contributed by atoms with Crippen molar-refractivity contribution in [2.45, 2.75) is 12.8 Å². The minimum absolute atomic E-state index is 0.0570. The summed E-state index contributed by atoms with van der Waals surface area (Å²) in [6.07, 6.45) is -1.18. The topological polar surface area (TPSA) is 89.9 Å². The van der Waals surface area contributed by atoms with E-state index in [1.165, 1.54) is 11.0 Å². The van der Waals surface area contributed by atoms with Crippen LogP contribution < -0.4 is 5.32 Å². The molecule has 8 heteroatoms. The Hall–Kier alpha value is -2.12. The first-order valence-electron chi connectivity index (χ1n) is 7.39. The highest BCUT2D eigenvalue weighted by molar-refractivity contribution is 6.33. The first kappa shape index (κ1) is 17.7. The minimum atomic E-state index is -1.18. The van der Waals surface area contributed by atoms with Crippen LogP contribution in [-0.4, -0.2) is 33.5 Å². The lowest BCUT2D eigenvalue weighted by molar-refractivity contribution is -0.118. The van der Waals surface area contributed by atoms with E-state index >= 15 is 0 Å². The Balaban J connectivity index is 1.94. The number of rotatable bonds is 4. The Kier molecular flexibility index (Phi) is 4.96. The largest absolute Gasteiger partial charge is 0.387 e. The van der Waals surface area contributed by atoms with Crippen LogP contribution in [-0.2, 0) is 11.3 Å². The van der Waals surface area contributed by atoms with Gasteiger partial charge in [-0.05, 0) is 29.8 Å². The number of fused-ring (bicyclic) bond motifs is 1. The van der Waals surface area contributed by atoms with Crippen LogP contribution in [0.1, 0.15) is 27.7 Å². The zero-order chi connectivity index (χ0) is 18.1. The molecule has 3 N–H and O–H groups in total. The molecular formula is C17H14Cl2N2O4. The number of hydrogen-bond donors (Lipinski definition) is 3. The quantitative estimate of drug-likeness (QED) is 0.760. The maximum atomic E-state index is 12.8. The SMILES string of the molecule is O=C(CO)Nc1cccc2c1C(=O)N(Cc1cc(Cl)ccc1Cl)C2O. The van der Waals surface area contributed by atoms with Crippen LogP contribution in [0.4, 0.5) is 5.69 Å². The maximum Gasteiger partial charge on any atom is 0.259 e. The van der Waals surface area contributed by atoms with Crippen LogP contribution in [0.25, 0.3) is 0 Å². The zero-order valence-corrected chi connectivity index (χ0v) is 14.4. The van der Waals surface area contributed by atoms with E-state index in [0.29, 0.717) is 21.2 Å². The molecule has 2 aromatic rings. The molecule has 0 spiro atoms. The zero-order valence-electron chi connectivity index (χ0n) is 12.9. The molecule has 2 aromatic carbocycles. The molecule has 0 saturated carbocycles. The number of aliphatic hydroxyl groups is 2. The molecule has 130 valence electrons. The van der Waals surface area contributed by atoms with Gasteiger partial charge in [-0.15, -0.1) is 0 Å². The molecule has 1 heterocycles. The Labute approximate surface area is 153 Å². The summed E-state index contributed by atoms with van der Waals surface area (Å²) < 4.78 is 0. The number of aliphatic hydroxyl groups excluding tert-OH is 2. The fourth-order valence-electron chi connectivity index (χ4n) is 2.75. The van der Waals surface area contributed by atoms with E-state index in [4.69, 9.17) is 28.3 Å². The van der Waals surface area contributed by atoms with Crippen LogP contribution in [0.15, 0.2) is 36.4 Å². The van der Waals surface area contributed by atoms with Gasteiger partial charge in [0.15, 0.2) is 6.23 Å². The second-order valence-electron chi connectivity index (χ2n) is 5.52. The summed E-state index contributed by atoms with van der Waals surface area (Å²) >= 11 is 12.1. The molecule has 1 aliphatic heterocycles. The average Bonchev–Trinajstić information content (AvgIpc) is 2.83. The molecule has 2 amide bonds. The summed E-state index contributed by atoms with van der Waals surface area (Å²) in [6.45, 7) is -0.649. The predicted octanol–water partition coefficient (Wildman–Crippen LogP) is 2.57. The second-order valence-corrected chi connectivity index (χ2v) is 6.36. The van der Waals surface area contributed by atoms with Gasteiger partial charge in [-0.1, -0.05) is 35.3 Å². The summed E-state index contributed by atoms with van der Waals surface area (Å²) in [7, 11) is 0. The number of benzene rings is 2. The normalized spacial score (nSPS) is 16.1. The third-order valence-corrected chi connectivity index (χ3v) is 4.51. The van der Waals surface area contributed by atoms with E-state index in [1.54, 1.807) is 30.3 Å². The van der Waals surface area contributed by atoms with Gasteiger partial charge in [0.2, 0.25) is 5.91 Å². The first-order valence-corrected chi connectivity index (χ1v) is 8.14. The highest BCUT2D eigenvalue weighted by atomic mass is 35.5. The highest BCUT2D eigenvalue weighted by Gasteiger charge is 2.37. The summed E-state index contributed by atoms with van der Waals surface area (Å²) in [5.74, 6) is -1.10. The third kappa shape index (κ3) is 3.34. The van der Waals surface area contributed by atoms with Crippen LogP contribution in [0.2, 0.25) is 10.0 Å². The van der Waals surface area contributed by atoms with Crippen molar-refractivity contribution in [1.82, 2.24) is 4.90 Å². The van der Waals surface area contributed by atoms with Crippen molar-refractivity contribution in [3.05, 3.63) is 63.1 Å². The van der Waals surface area contributed by atoms with Gasteiger partial charge in [0, 0.05) is 15.6 Å². The lowest BCUT2D eigenvalue weighted by Gasteiger charge is -2.21. The van der Waals surface area contributed by atoms with E-state index < -0.39 is 24.6 Å². The molecule has 0 radical (unpaired) electrons. The van der Waals surface area contributed by atoms with Gasteiger partial charge >= 0.3 is 0 Å². The van der Waals surface area contributed by atoms with Crippen molar-refractivity contribution < 1.29 is 19.8 Å². The number of hydrogen-bond acceptors (Lipinski definition) is 4. The van der Waals surface area contributed by atoms with Gasteiger partial charge in [0.1, 0.15) is 6.61 Å². The van der Waals surface area contributed by atoms with Crippen LogP contribution >= 0.6 is 23.2 Å². The standard InChI is InChI=1S/C17H14Cl2N2O4/c18-10-4-5-12(19)9(6-10)7-21-16(24)11-2-1-3-13(15(11)17(21)25)20-14(23)8-22/h1-6,16,22,24H,7-8H2,(H,20,23). The Morgan fingerprint density at radius 2 is 2.00 bits per heavy atom. The predicted molar refractivity (Wildman–Crippen MR) is 93.5 cm³/mol. The van der Waals surface area contributed by atoms with Crippen molar-refractivity contribution in [2.24, 2.45) is 0 Å². The number of anilines is 1. The van der Waals surface area contributed by atoms with E-state index in [2.05, 4.69) is 5.32 Å². The second kappa shape index (κ2) is 7.01. The van der Waals surface area contributed by atoms with Crippen molar-refractivity contribution in [1.29, 1.82) is 0 Å². The summed E-state index contributed by atoms with van der Waals surface area (Å²) in [5.41, 5.74) is 1.39. The summed E-state index contributed by atoms with van der Waals surface area (Å²) in [4.78, 5) is 25.5. The van der Waals surface area contributed by atoms with Gasteiger partial charge in [-0.25, -0.2) is 0 Å². The summed E-state index contributed by atoms with van der Waals surface area (Å²) in [6, 6.07) is 9.62. The van der Waals surface area contributed by atoms with Crippen LogP contribution in [0.3, 0.4) is 0 Å². The molecular weight excluding hydrogens is 367 g/mol. The smallest absolute Gasteiger partial charge is 0.259 e.